The highest BCUT2D eigenvalue weighted by Gasteiger charge is 2.23. The fraction of sp³-hybridized carbons (Fsp3) is 0.444. The molecule has 0 unspecified atom stereocenters. The number of nitrogens with one attached hydrogen (secondary N) is 1. The number of methoxy groups -OCH3 is 1. The molecule has 27 heavy (non-hydrogen) atoms. The first-order valence-corrected chi connectivity index (χ1v) is 10.6. The molecule has 2 aromatic heterocycles. The Morgan fingerprint density at radius 3 is 2.93 bits per heavy atom. The molecule has 1 N–H and O–H groups in total. The van der Waals surface area contributed by atoms with E-state index < -0.39 is 10.0 Å². The molecule has 0 aliphatic heterocycles. The van der Waals surface area contributed by atoms with Gasteiger partial charge >= 0.3 is 0 Å². The number of anilines is 1. The molecule has 0 saturated heterocycles. The maximum Gasteiger partial charge on any atom is 0.233 e. The van der Waals surface area contributed by atoms with Gasteiger partial charge in [-0.2, -0.15) is 5.10 Å². The summed E-state index contributed by atoms with van der Waals surface area (Å²) in [5, 5.41) is 8.62. The third-order valence-electron chi connectivity index (χ3n) is 4.70. The van der Waals surface area contributed by atoms with Crippen molar-refractivity contribution in [3.05, 3.63) is 36.2 Å². The van der Waals surface area contributed by atoms with E-state index in [-0.39, 0.29) is 11.6 Å². The minimum absolute atomic E-state index is 0.0809. The first kappa shape index (κ1) is 17.8. The van der Waals surface area contributed by atoms with Gasteiger partial charge in [0.05, 0.1) is 19.4 Å². The van der Waals surface area contributed by atoms with Gasteiger partial charge in [0.1, 0.15) is 11.1 Å². The van der Waals surface area contributed by atoms with Crippen LogP contribution >= 0.6 is 0 Å². The van der Waals surface area contributed by atoms with Crippen LogP contribution in [-0.2, 0) is 16.6 Å². The van der Waals surface area contributed by atoms with E-state index in [4.69, 9.17) is 9.26 Å². The monoisotopic (exact) mass is 390 g/mol. The Kier molecular flexibility index (Phi) is 4.77. The summed E-state index contributed by atoms with van der Waals surface area (Å²) in [4.78, 5) is 0. The van der Waals surface area contributed by atoms with Crippen LogP contribution in [0.4, 0.5) is 5.82 Å². The second-order valence-corrected chi connectivity index (χ2v) is 8.75. The molecule has 9 heteroatoms. The van der Waals surface area contributed by atoms with Gasteiger partial charge in [0.25, 0.3) is 0 Å². The molecule has 0 bridgehead atoms. The largest absolute Gasteiger partial charge is 0.496 e. The summed E-state index contributed by atoms with van der Waals surface area (Å²) in [7, 11) is -1.95. The van der Waals surface area contributed by atoms with E-state index in [9.17, 15) is 8.42 Å². The number of sulfonamides is 1. The second-order valence-electron chi connectivity index (χ2n) is 6.91. The molecule has 144 valence electrons. The Balaban J connectivity index is 1.56. The van der Waals surface area contributed by atoms with Crippen LogP contribution < -0.4 is 9.46 Å². The molecule has 1 aromatic carbocycles. The van der Waals surface area contributed by atoms with Crippen LogP contribution in [0.3, 0.4) is 0 Å². The number of ether oxygens (including phenoxy) is 1. The lowest BCUT2D eigenvalue weighted by molar-refractivity contribution is 0.418. The van der Waals surface area contributed by atoms with Crippen LogP contribution in [-0.4, -0.2) is 36.2 Å². The van der Waals surface area contributed by atoms with E-state index in [0.29, 0.717) is 35.6 Å². The lowest BCUT2D eigenvalue weighted by Crippen LogP contribution is -2.17. The zero-order chi connectivity index (χ0) is 18.9. The highest BCUT2D eigenvalue weighted by Crippen LogP contribution is 2.35. The number of nitrogens with zero attached hydrogens (tertiary/aromatic N) is 3. The summed E-state index contributed by atoms with van der Waals surface area (Å²) < 4.78 is 39.9. The molecule has 1 aliphatic rings. The normalized spacial score (nSPS) is 14.6. The van der Waals surface area contributed by atoms with Crippen molar-refractivity contribution in [2.75, 3.05) is 17.6 Å². The van der Waals surface area contributed by atoms with Gasteiger partial charge in [-0.3, -0.25) is 9.40 Å². The first-order chi connectivity index (χ1) is 13.0. The van der Waals surface area contributed by atoms with Gasteiger partial charge in [0, 0.05) is 12.4 Å². The molecule has 4 rings (SSSR count). The van der Waals surface area contributed by atoms with Crippen molar-refractivity contribution in [2.24, 2.45) is 5.92 Å². The number of aromatic nitrogens is 3. The Bertz CT molecular complexity index is 1020. The van der Waals surface area contributed by atoms with Gasteiger partial charge in [-0.15, -0.1) is 0 Å². The van der Waals surface area contributed by atoms with Gasteiger partial charge in [0.2, 0.25) is 10.0 Å². The molecular formula is C18H22N4O4S. The van der Waals surface area contributed by atoms with Crippen molar-refractivity contribution < 1.29 is 17.7 Å². The summed E-state index contributed by atoms with van der Waals surface area (Å²) in [6.07, 6.45) is 7.62. The molecule has 0 radical (unpaired) electrons. The van der Waals surface area contributed by atoms with E-state index in [0.717, 1.165) is 12.0 Å². The second kappa shape index (κ2) is 7.22. The maximum atomic E-state index is 12.4. The number of rotatable bonds is 9. The van der Waals surface area contributed by atoms with Crippen LogP contribution in [0.5, 0.6) is 5.75 Å². The summed E-state index contributed by atoms with van der Waals surface area (Å²) in [5.41, 5.74) is 1.38. The highest BCUT2D eigenvalue weighted by molar-refractivity contribution is 7.92. The van der Waals surface area contributed by atoms with E-state index in [2.05, 4.69) is 15.0 Å². The van der Waals surface area contributed by atoms with Crippen LogP contribution in [0.1, 0.15) is 31.2 Å². The Labute approximate surface area is 157 Å². The first-order valence-electron chi connectivity index (χ1n) is 8.98. The average molecular weight is 390 g/mol. The molecule has 1 saturated carbocycles. The van der Waals surface area contributed by atoms with Crippen LogP contribution in [0.25, 0.3) is 11.0 Å². The minimum atomic E-state index is -3.48. The van der Waals surface area contributed by atoms with Crippen LogP contribution in [0.15, 0.2) is 35.1 Å². The van der Waals surface area contributed by atoms with Gasteiger partial charge in [-0.25, -0.2) is 8.42 Å². The number of hydrogen-bond acceptors (Lipinski definition) is 6. The Hall–Kier alpha value is -2.55. The molecule has 0 atom stereocenters. The molecular weight excluding hydrogens is 368 g/mol. The molecule has 0 spiro atoms. The maximum absolute atomic E-state index is 12.4. The quantitative estimate of drug-likeness (QED) is 0.603. The third kappa shape index (κ3) is 4.24. The van der Waals surface area contributed by atoms with E-state index in [1.54, 1.807) is 10.9 Å². The number of benzene rings is 1. The van der Waals surface area contributed by atoms with Crippen molar-refractivity contribution in [3.8, 4) is 5.75 Å². The molecule has 1 aliphatic carbocycles. The molecule has 2 heterocycles. The van der Waals surface area contributed by atoms with E-state index in [1.165, 1.54) is 20.0 Å². The predicted octanol–water partition coefficient (Wildman–Crippen LogP) is 3.01. The Morgan fingerprint density at radius 1 is 1.37 bits per heavy atom. The minimum Gasteiger partial charge on any atom is -0.496 e. The lowest BCUT2D eigenvalue weighted by atomic mass is 10.1. The van der Waals surface area contributed by atoms with Crippen molar-refractivity contribution >= 4 is 26.8 Å². The summed E-state index contributed by atoms with van der Waals surface area (Å²) in [6.45, 7) is 0.544. The standard InChI is InChI=1S/C18H22N4O4S/c1-25-15-10-14(12-22-8-3-7-19-22)11-16-17(15)18(20-26-16)21-27(23,24)9-2-4-13-5-6-13/h3,7-8,10-11,13H,2,4-6,9,12H2,1H3,(H,20,21). The van der Waals surface area contributed by atoms with Crippen molar-refractivity contribution in [3.63, 3.8) is 0 Å². The van der Waals surface area contributed by atoms with Gasteiger partial charge in [-0.1, -0.05) is 18.0 Å². The molecule has 1 fully saturated rings. The number of hydrogen-bond donors (Lipinski definition) is 1. The summed E-state index contributed by atoms with van der Waals surface area (Å²) >= 11 is 0. The van der Waals surface area contributed by atoms with Crippen molar-refractivity contribution in [1.29, 1.82) is 0 Å². The van der Waals surface area contributed by atoms with Crippen molar-refractivity contribution in [1.82, 2.24) is 14.9 Å². The fourth-order valence-corrected chi connectivity index (χ4v) is 4.24. The summed E-state index contributed by atoms with van der Waals surface area (Å²) in [6, 6.07) is 5.50. The van der Waals surface area contributed by atoms with Crippen LogP contribution in [0, 0.1) is 5.92 Å². The topological polar surface area (TPSA) is 99.2 Å². The molecule has 0 amide bonds. The SMILES string of the molecule is COc1cc(Cn2cccn2)cc2onc(NS(=O)(=O)CCCC3CC3)c12. The fourth-order valence-electron chi connectivity index (χ4n) is 3.16. The number of fused-ring (bicyclic) bond motifs is 1. The van der Waals surface area contributed by atoms with Crippen molar-refractivity contribution in [2.45, 2.75) is 32.2 Å². The summed E-state index contributed by atoms with van der Waals surface area (Å²) in [5.74, 6) is 1.46. The lowest BCUT2D eigenvalue weighted by Gasteiger charge is -2.08. The molecule has 8 nitrogen and oxygen atoms in total. The van der Waals surface area contributed by atoms with E-state index >= 15 is 0 Å². The van der Waals surface area contributed by atoms with E-state index in [1.807, 2.05) is 24.4 Å². The van der Waals surface area contributed by atoms with Gasteiger partial charge in [0.15, 0.2) is 11.4 Å². The van der Waals surface area contributed by atoms with Gasteiger partial charge < -0.3 is 9.26 Å². The third-order valence-corrected chi connectivity index (χ3v) is 6.03. The average Bonchev–Trinajstić information content (AvgIpc) is 3.15. The van der Waals surface area contributed by atoms with Gasteiger partial charge in [-0.05, 0) is 42.5 Å². The van der Waals surface area contributed by atoms with Crippen LogP contribution in [0.2, 0.25) is 0 Å². The highest BCUT2D eigenvalue weighted by atomic mass is 32.2. The zero-order valence-electron chi connectivity index (χ0n) is 15.1. The molecule has 3 aromatic rings. The Morgan fingerprint density at radius 2 is 2.22 bits per heavy atom. The predicted molar refractivity (Wildman–Crippen MR) is 101 cm³/mol. The zero-order valence-corrected chi connectivity index (χ0v) is 15.9. The smallest absolute Gasteiger partial charge is 0.233 e.